The molecular weight excluding hydrogens is 318 g/mol. The van der Waals surface area contributed by atoms with Crippen LogP contribution in [0, 0.1) is 0 Å². The van der Waals surface area contributed by atoms with Crippen LogP contribution in [0.5, 0.6) is 5.75 Å². The maximum Gasteiger partial charge on any atom is 0.232 e. The lowest BCUT2D eigenvalue weighted by Gasteiger charge is -2.12. The summed E-state index contributed by atoms with van der Waals surface area (Å²) in [4.78, 5) is 12.1. The molecule has 3 nitrogen and oxygen atoms in total. The van der Waals surface area contributed by atoms with Crippen molar-refractivity contribution in [1.82, 2.24) is 5.32 Å². The minimum atomic E-state index is -0.0750. The van der Waals surface area contributed by atoms with Crippen molar-refractivity contribution in [2.75, 3.05) is 13.2 Å². The van der Waals surface area contributed by atoms with Crippen LogP contribution in [0.3, 0.4) is 0 Å². The average molecular weight is 343 g/mol. The molecule has 128 valence electrons. The van der Waals surface area contributed by atoms with Crippen LogP contribution < -0.4 is 10.1 Å². The number of rotatable bonds is 9. The molecule has 0 saturated heterocycles. The van der Waals surface area contributed by atoms with E-state index >= 15 is 0 Å². The second kappa shape index (κ2) is 10.0. The van der Waals surface area contributed by atoms with E-state index in [9.17, 15) is 4.79 Å². The molecule has 0 heterocycles. The van der Waals surface area contributed by atoms with Crippen molar-refractivity contribution in [2.45, 2.75) is 31.3 Å². The van der Waals surface area contributed by atoms with Crippen molar-refractivity contribution < 1.29 is 9.53 Å². The van der Waals surface area contributed by atoms with Gasteiger partial charge in [0.25, 0.3) is 0 Å². The highest BCUT2D eigenvalue weighted by atomic mass is 32.2. The SMILES string of the molecule is CCc1ccc(OCCNC(=O)[C@H](C)SCc2ccccc2)cc1. The Bertz CT molecular complexity index is 613. The first-order valence-electron chi connectivity index (χ1n) is 8.34. The van der Waals surface area contributed by atoms with Gasteiger partial charge >= 0.3 is 0 Å². The van der Waals surface area contributed by atoms with Gasteiger partial charge in [-0.15, -0.1) is 11.8 Å². The van der Waals surface area contributed by atoms with Crippen LogP contribution in [-0.2, 0) is 17.0 Å². The number of hydrogen-bond donors (Lipinski definition) is 1. The van der Waals surface area contributed by atoms with E-state index in [1.54, 1.807) is 11.8 Å². The molecule has 1 atom stereocenters. The van der Waals surface area contributed by atoms with Gasteiger partial charge in [-0.2, -0.15) is 0 Å². The Morgan fingerprint density at radius 3 is 2.46 bits per heavy atom. The third-order valence-electron chi connectivity index (χ3n) is 3.71. The highest BCUT2D eigenvalue weighted by Crippen LogP contribution is 2.17. The molecule has 0 radical (unpaired) electrons. The molecule has 4 heteroatoms. The molecule has 0 aliphatic rings. The van der Waals surface area contributed by atoms with Crippen LogP contribution in [-0.4, -0.2) is 24.3 Å². The Morgan fingerprint density at radius 2 is 1.79 bits per heavy atom. The van der Waals surface area contributed by atoms with Crippen LogP contribution in [0.2, 0.25) is 0 Å². The van der Waals surface area contributed by atoms with Gasteiger partial charge in [0.2, 0.25) is 5.91 Å². The van der Waals surface area contributed by atoms with Crippen LogP contribution in [0.4, 0.5) is 0 Å². The predicted molar refractivity (Wildman–Crippen MR) is 102 cm³/mol. The van der Waals surface area contributed by atoms with Gasteiger partial charge in [-0.25, -0.2) is 0 Å². The van der Waals surface area contributed by atoms with Crippen LogP contribution in [0.1, 0.15) is 25.0 Å². The molecule has 0 bridgehead atoms. The highest BCUT2D eigenvalue weighted by Gasteiger charge is 2.12. The fourth-order valence-electron chi connectivity index (χ4n) is 2.18. The summed E-state index contributed by atoms with van der Waals surface area (Å²) >= 11 is 1.64. The summed E-state index contributed by atoms with van der Waals surface area (Å²) in [6, 6.07) is 18.3. The Kier molecular flexibility index (Phi) is 7.69. The fourth-order valence-corrected chi connectivity index (χ4v) is 3.05. The molecule has 0 aromatic heterocycles. The quantitative estimate of drug-likeness (QED) is 0.698. The standard InChI is InChI=1S/C20H25NO2S/c1-3-17-9-11-19(12-10-17)23-14-13-21-20(22)16(2)24-15-18-7-5-4-6-8-18/h4-12,16H,3,13-15H2,1-2H3,(H,21,22)/t16-/m0/s1. The smallest absolute Gasteiger partial charge is 0.232 e. The molecule has 0 aliphatic carbocycles. The number of carbonyl (C=O) groups is 1. The molecule has 2 rings (SSSR count). The van der Waals surface area contributed by atoms with Gasteiger partial charge in [0, 0.05) is 5.75 Å². The minimum Gasteiger partial charge on any atom is -0.492 e. The van der Waals surface area contributed by atoms with Crippen molar-refractivity contribution >= 4 is 17.7 Å². The Morgan fingerprint density at radius 1 is 1.08 bits per heavy atom. The number of carbonyl (C=O) groups excluding carboxylic acids is 1. The van der Waals surface area contributed by atoms with E-state index in [1.807, 2.05) is 37.3 Å². The van der Waals surface area contributed by atoms with Gasteiger partial charge in [-0.1, -0.05) is 49.4 Å². The largest absolute Gasteiger partial charge is 0.492 e. The molecule has 1 N–H and O–H groups in total. The molecule has 24 heavy (non-hydrogen) atoms. The number of nitrogens with one attached hydrogen (secondary N) is 1. The number of aryl methyl sites for hydroxylation is 1. The third kappa shape index (κ3) is 6.28. The molecule has 2 aromatic carbocycles. The van der Waals surface area contributed by atoms with E-state index in [2.05, 4.69) is 36.5 Å². The van der Waals surface area contributed by atoms with Crippen molar-refractivity contribution in [3.8, 4) is 5.75 Å². The summed E-state index contributed by atoms with van der Waals surface area (Å²) in [5, 5.41) is 2.85. The van der Waals surface area contributed by atoms with Crippen molar-refractivity contribution in [3.05, 3.63) is 65.7 Å². The summed E-state index contributed by atoms with van der Waals surface area (Å²) in [7, 11) is 0. The van der Waals surface area contributed by atoms with Crippen LogP contribution >= 0.6 is 11.8 Å². The van der Waals surface area contributed by atoms with E-state index in [4.69, 9.17) is 4.74 Å². The topological polar surface area (TPSA) is 38.3 Å². The van der Waals surface area contributed by atoms with E-state index in [0.29, 0.717) is 13.2 Å². The first-order chi connectivity index (χ1) is 11.7. The number of amides is 1. The second-order valence-corrected chi connectivity index (χ2v) is 6.90. The van der Waals surface area contributed by atoms with E-state index in [-0.39, 0.29) is 11.2 Å². The molecule has 0 fully saturated rings. The summed E-state index contributed by atoms with van der Waals surface area (Å²) < 4.78 is 5.64. The van der Waals surface area contributed by atoms with Gasteiger partial charge in [0.15, 0.2) is 0 Å². The maximum atomic E-state index is 12.1. The molecule has 0 unspecified atom stereocenters. The molecule has 1 amide bonds. The highest BCUT2D eigenvalue weighted by molar-refractivity contribution is 7.99. The van der Waals surface area contributed by atoms with Gasteiger partial charge in [0.05, 0.1) is 11.8 Å². The van der Waals surface area contributed by atoms with Gasteiger partial charge in [-0.3, -0.25) is 4.79 Å². The van der Waals surface area contributed by atoms with Crippen molar-refractivity contribution in [1.29, 1.82) is 0 Å². The molecular formula is C20H25NO2S. The lowest BCUT2D eigenvalue weighted by molar-refractivity contribution is -0.120. The second-order valence-electron chi connectivity index (χ2n) is 5.58. The number of ether oxygens (including phenoxy) is 1. The molecule has 2 aromatic rings. The summed E-state index contributed by atoms with van der Waals surface area (Å²) in [5.74, 6) is 1.74. The first-order valence-corrected chi connectivity index (χ1v) is 9.39. The lowest BCUT2D eigenvalue weighted by atomic mass is 10.2. The Balaban J connectivity index is 1.63. The normalized spacial score (nSPS) is 11.8. The Hall–Kier alpha value is -1.94. The maximum absolute atomic E-state index is 12.1. The van der Waals surface area contributed by atoms with Crippen molar-refractivity contribution in [3.63, 3.8) is 0 Å². The fraction of sp³-hybridized carbons (Fsp3) is 0.350. The van der Waals surface area contributed by atoms with Gasteiger partial charge < -0.3 is 10.1 Å². The van der Waals surface area contributed by atoms with E-state index < -0.39 is 0 Å². The van der Waals surface area contributed by atoms with Crippen LogP contribution in [0.15, 0.2) is 54.6 Å². The monoisotopic (exact) mass is 343 g/mol. The minimum absolute atomic E-state index is 0.0564. The zero-order chi connectivity index (χ0) is 17.2. The summed E-state index contributed by atoms with van der Waals surface area (Å²) in [5.41, 5.74) is 2.53. The Labute approximate surface area is 148 Å². The average Bonchev–Trinajstić information content (AvgIpc) is 2.64. The molecule has 0 saturated carbocycles. The zero-order valence-corrected chi connectivity index (χ0v) is 15.1. The zero-order valence-electron chi connectivity index (χ0n) is 14.3. The van der Waals surface area contributed by atoms with E-state index in [1.165, 1.54) is 11.1 Å². The number of thioether (sulfide) groups is 1. The summed E-state index contributed by atoms with van der Waals surface area (Å²) in [6.07, 6.45) is 1.02. The molecule has 0 aliphatic heterocycles. The van der Waals surface area contributed by atoms with Crippen LogP contribution in [0.25, 0.3) is 0 Å². The molecule has 0 spiro atoms. The number of benzene rings is 2. The summed E-state index contributed by atoms with van der Waals surface area (Å²) in [6.45, 7) is 5.06. The lowest BCUT2D eigenvalue weighted by Crippen LogP contribution is -2.34. The van der Waals surface area contributed by atoms with Gasteiger partial charge in [0.1, 0.15) is 12.4 Å². The van der Waals surface area contributed by atoms with Gasteiger partial charge in [-0.05, 0) is 36.6 Å². The third-order valence-corrected chi connectivity index (χ3v) is 4.93. The van der Waals surface area contributed by atoms with E-state index in [0.717, 1.165) is 17.9 Å². The predicted octanol–water partition coefficient (Wildman–Crippen LogP) is 4.07. The van der Waals surface area contributed by atoms with Crippen molar-refractivity contribution in [2.24, 2.45) is 0 Å². The first kappa shape index (κ1) is 18.4. The number of hydrogen-bond acceptors (Lipinski definition) is 3.